The molecular formula is C23H20FN5O4. The SMILES string of the molecule is O=C(c1ccc(-n2cc(-c3cc4cc(F)ccc4[nH]c3=O)nn2)cc1)N1CCOC[C@H]1CO. The van der Waals surface area contributed by atoms with Gasteiger partial charge in [-0.1, -0.05) is 5.21 Å². The highest BCUT2D eigenvalue weighted by atomic mass is 19.1. The molecule has 3 heterocycles. The minimum Gasteiger partial charge on any atom is -0.394 e. The number of nitrogens with zero attached hydrogens (tertiary/aromatic N) is 4. The first-order valence-corrected chi connectivity index (χ1v) is 10.4. The third-order valence-corrected chi connectivity index (χ3v) is 5.65. The second kappa shape index (κ2) is 8.57. The number of benzene rings is 2. The van der Waals surface area contributed by atoms with E-state index in [2.05, 4.69) is 15.3 Å². The summed E-state index contributed by atoms with van der Waals surface area (Å²) in [5.41, 5.74) is 1.91. The number of carbonyl (C=O) groups excluding carboxylic acids is 1. The Bertz CT molecular complexity index is 1380. The fourth-order valence-electron chi connectivity index (χ4n) is 3.88. The van der Waals surface area contributed by atoms with Gasteiger partial charge in [-0.2, -0.15) is 0 Å². The first kappa shape index (κ1) is 21.0. The standard InChI is InChI=1S/C23H20FN5O4/c24-16-3-6-20-15(9-16)10-19(22(31)25-20)21-11-29(27-26-21)17-4-1-14(2-5-17)23(32)28-7-8-33-13-18(28)12-30/h1-6,9-11,18,30H,7-8,12-13H2,(H,25,31)/t18-/m1/s1. The minimum absolute atomic E-state index is 0.161. The highest BCUT2D eigenvalue weighted by Crippen LogP contribution is 2.20. The smallest absolute Gasteiger partial charge is 0.258 e. The van der Waals surface area contributed by atoms with Crippen molar-refractivity contribution in [1.82, 2.24) is 24.9 Å². The Labute approximate surface area is 187 Å². The molecule has 168 valence electrons. The molecule has 9 nitrogen and oxygen atoms in total. The summed E-state index contributed by atoms with van der Waals surface area (Å²) in [6.45, 7) is 1.000. The zero-order valence-electron chi connectivity index (χ0n) is 17.4. The van der Waals surface area contributed by atoms with Crippen LogP contribution in [0, 0.1) is 5.82 Å². The first-order valence-electron chi connectivity index (χ1n) is 10.4. The lowest BCUT2D eigenvalue weighted by Crippen LogP contribution is -2.50. The van der Waals surface area contributed by atoms with Gasteiger partial charge in [0.15, 0.2) is 0 Å². The molecule has 33 heavy (non-hydrogen) atoms. The molecule has 1 aliphatic heterocycles. The predicted octanol–water partition coefficient (Wildman–Crippen LogP) is 1.75. The molecule has 2 aromatic heterocycles. The quantitative estimate of drug-likeness (QED) is 0.491. The fraction of sp³-hybridized carbons (Fsp3) is 0.217. The average molecular weight is 449 g/mol. The van der Waals surface area contributed by atoms with Crippen LogP contribution in [0.1, 0.15) is 10.4 Å². The number of hydrogen-bond acceptors (Lipinski definition) is 6. The maximum absolute atomic E-state index is 13.6. The zero-order valence-corrected chi connectivity index (χ0v) is 17.4. The number of pyridine rings is 1. The van der Waals surface area contributed by atoms with Gasteiger partial charge in [0.05, 0.1) is 43.3 Å². The van der Waals surface area contributed by atoms with Crippen LogP contribution in [0.25, 0.3) is 27.8 Å². The summed E-state index contributed by atoms with van der Waals surface area (Å²) in [5, 5.41) is 18.2. The van der Waals surface area contributed by atoms with Gasteiger partial charge >= 0.3 is 0 Å². The summed E-state index contributed by atoms with van der Waals surface area (Å²) < 4.78 is 20.4. The number of aromatic amines is 1. The van der Waals surface area contributed by atoms with Crippen molar-refractivity contribution in [2.75, 3.05) is 26.4 Å². The molecule has 0 bridgehead atoms. The van der Waals surface area contributed by atoms with Gasteiger partial charge in [-0.3, -0.25) is 9.59 Å². The number of ether oxygens (including phenoxy) is 1. The Kier molecular flexibility index (Phi) is 5.45. The number of halogens is 1. The van der Waals surface area contributed by atoms with Crippen LogP contribution in [-0.4, -0.2) is 68.3 Å². The summed E-state index contributed by atoms with van der Waals surface area (Å²) in [6, 6.07) is 12.1. The van der Waals surface area contributed by atoms with Gasteiger partial charge < -0.3 is 19.7 Å². The molecule has 1 saturated heterocycles. The van der Waals surface area contributed by atoms with Gasteiger partial charge in [-0.25, -0.2) is 9.07 Å². The number of hydrogen-bond donors (Lipinski definition) is 2. The molecule has 0 radical (unpaired) electrons. The summed E-state index contributed by atoms with van der Waals surface area (Å²) in [5.74, 6) is -0.584. The Morgan fingerprint density at radius 1 is 1.21 bits per heavy atom. The molecule has 0 saturated carbocycles. The second-order valence-corrected chi connectivity index (χ2v) is 7.75. The summed E-state index contributed by atoms with van der Waals surface area (Å²) in [4.78, 5) is 29.7. The van der Waals surface area contributed by atoms with E-state index in [9.17, 15) is 19.1 Å². The molecule has 1 amide bonds. The average Bonchev–Trinajstić information content (AvgIpc) is 3.33. The van der Waals surface area contributed by atoms with Crippen LogP contribution in [0.5, 0.6) is 0 Å². The van der Waals surface area contributed by atoms with E-state index >= 15 is 0 Å². The van der Waals surface area contributed by atoms with Crippen molar-refractivity contribution in [1.29, 1.82) is 0 Å². The lowest BCUT2D eigenvalue weighted by Gasteiger charge is -2.34. The molecule has 0 aliphatic carbocycles. The molecule has 2 N–H and O–H groups in total. The lowest BCUT2D eigenvalue weighted by molar-refractivity contribution is -0.0183. The van der Waals surface area contributed by atoms with Crippen molar-refractivity contribution in [2.24, 2.45) is 0 Å². The van der Waals surface area contributed by atoms with Crippen LogP contribution in [0.15, 0.2) is 59.5 Å². The molecule has 1 atom stereocenters. The number of fused-ring (bicyclic) bond motifs is 1. The molecule has 1 fully saturated rings. The molecule has 4 aromatic rings. The van der Waals surface area contributed by atoms with Crippen LogP contribution in [0.4, 0.5) is 4.39 Å². The summed E-state index contributed by atoms with van der Waals surface area (Å²) in [7, 11) is 0. The normalized spacial score (nSPS) is 16.3. The molecule has 5 rings (SSSR count). The highest BCUT2D eigenvalue weighted by molar-refractivity contribution is 5.94. The van der Waals surface area contributed by atoms with Crippen LogP contribution in [0.3, 0.4) is 0 Å². The van der Waals surface area contributed by atoms with Crippen molar-refractivity contribution in [3.63, 3.8) is 0 Å². The van der Waals surface area contributed by atoms with E-state index in [0.29, 0.717) is 47.6 Å². The molecule has 0 unspecified atom stereocenters. The van der Waals surface area contributed by atoms with E-state index in [4.69, 9.17) is 4.74 Å². The fourth-order valence-corrected chi connectivity index (χ4v) is 3.88. The van der Waals surface area contributed by atoms with Crippen molar-refractivity contribution in [3.8, 4) is 16.9 Å². The first-order chi connectivity index (χ1) is 16.0. The van der Waals surface area contributed by atoms with E-state index in [1.165, 1.54) is 22.9 Å². The number of morpholine rings is 1. The molecule has 1 aliphatic rings. The van der Waals surface area contributed by atoms with E-state index in [-0.39, 0.29) is 29.7 Å². The lowest BCUT2D eigenvalue weighted by atomic mass is 10.1. The number of rotatable bonds is 4. The van der Waals surface area contributed by atoms with E-state index in [0.717, 1.165) is 0 Å². The summed E-state index contributed by atoms with van der Waals surface area (Å²) >= 11 is 0. The molecule has 0 spiro atoms. The zero-order chi connectivity index (χ0) is 22.9. The highest BCUT2D eigenvalue weighted by Gasteiger charge is 2.27. The van der Waals surface area contributed by atoms with Crippen LogP contribution >= 0.6 is 0 Å². The van der Waals surface area contributed by atoms with Gasteiger partial charge in [0.2, 0.25) is 0 Å². The number of amides is 1. The number of carbonyl (C=O) groups is 1. The molecular weight excluding hydrogens is 429 g/mol. The number of aliphatic hydroxyl groups is 1. The van der Waals surface area contributed by atoms with E-state index < -0.39 is 5.82 Å². The van der Waals surface area contributed by atoms with Crippen molar-refractivity contribution in [2.45, 2.75) is 6.04 Å². The topological polar surface area (TPSA) is 113 Å². The van der Waals surface area contributed by atoms with Crippen molar-refractivity contribution < 1.29 is 19.0 Å². The van der Waals surface area contributed by atoms with Crippen molar-refractivity contribution in [3.05, 3.63) is 76.5 Å². The van der Waals surface area contributed by atoms with Crippen LogP contribution in [0.2, 0.25) is 0 Å². The Hall–Kier alpha value is -3.89. The van der Waals surface area contributed by atoms with Gasteiger partial charge in [-0.15, -0.1) is 5.10 Å². The molecule has 10 heteroatoms. The maximum atomic E-state index is 13.6. The largest absolute Gasteiger partial charge is 0.394 e. The van der Waals surface area contributed by atoms with Gasteiger partial charge in [-0.05, 0) is 48.5 Å². The predicted molar refractivity (Wildman–Crippen MR) is 118 cm³/mol. The van der Waals surface area contributed by atoms with Crippen LogP contribution < -0.4 is 5.56 Å². The van der Waals surface area contributed by atoms with Gasteiger partial charge in [0.1, 0.15) is 11.5 Å². The third-order valence-electron chi connectivity index (χ3n) is 5.65. The maximum Gasteiger partial charge on any atom is 0.258 e. The summed E-state index contributed by atoms with van der Waals surface area (Å²) in [6.07, 6.45) is 1.59. The number of aliphatic hydroxyl groups excluding tert-OH is 1. The van der Waals surface area contributed by atoms with Crippen molar-refractivity contribution >= 4 is 16.8 Å². The minimum atomic E-state index is -0.402. The van der Waals surface area contributed by atoms with E-state index in [1.54, 1.807) is 41.4 Å². The third kappa shape index (κ3) is 4.01. The molecule has 2 aromatic carbocycles. The van der Waals surface area contributed by atoms with Gasteiger partial charge in [0.25, 0.3) is 11.5 Å². The van der Waals surface area contributed by atoms with Gasteiger partial charge in [0, 0.05) is 23.0 Å². The number of aromatic nitrogens is 4. The van der Waals surface area contributed by atoms with Crippen LogP contribution in [-0.2, 0) is 4.74 Å². The number of H-pyrrole nitrogens is 1. The Morgan fingerprint density at radius 3 is 2.82 bits per heavy atom. The number of nitrogens with one attached hydrogen (secondary N) is 1. The monoisotopic (exact) mass is 449 g/mol. The van der Waals surface area contributed by atoms with E-state index in [1.807, 2.05) is 0 Å². The second-order valence-electron chi connectivity index (χ2n) is 7.75. The Morgan fingerprint density at radius 2 is 2.03 bits per heavy atom. The Balaban J connectivity index is 1.40.